The fourth-order valence-electron chi connectivity index (χ4n) is 12.2. The van der Waals surface area contributed by atoms with Gasteiger partial charge in [-0.3, -0.25) is 9.59 Å². The minimum absolute atomic E-state index is 0.0243. The van der Waals surface area contributed by atoms with E-state index in [0.29, 0.717) is 19.4 Å². The number of aliphatic hydroxyl groups is 2. The number of ether oxygens (including phenoxy) is 1. The molecule has 0 aromatic heterocycles. The summed E-state index contributed by atoms with van der Waals surface area (Å²) in [5.74, 6) is -0.0373. The standard InChI is InChI=1S/C77H149NO5/c1-3-5-7-9-11-13-15-17-19-43-47-51-55-59-63-67-71-77(82)83-72-68-64-60-56-52-48-44-40-38-36-34-32-30-28-26-24-22-20-21-23-25-27-29-31-33-35-37-39-42-46-50-54-58-62-66-70-76(81)78-74(73-79)75(80)69-65-61-57-53-49-45-41-18-16-14-12-10-8-6-4-2/h22,24,65,69,74-75,79-80H,3-21,23,25-64,66-68,70-73H2,1-2H3,(H,78,81)/b24-22-,69-65+. The fraction of sp³-hybridized carbons (Fsp3) is 0.922. The van der Waals surface area contributed by atoms with E-state index in [0.717, 1.165) is 38.5 Å². The van der Waals surface area contributed by atoms with Crippen molar-refractivity contribution in [1.82, 2.24) is 5.32 Å². The molecular weight excluding hydrogens is 1020 g/mol. The number of esters is 1. The number of allylic oxidation sites excluding steroid dienone is 3. The van der Waals surface area contributed by atoms with Gasteiger partial charge in [-0.1, -0.05) is 385 Å². The van der Waals surface area contributed by atoms with Crippen molar-refractivity contribution in [2.24, 2.45) is 0 Å². The molecule has 0 aliphatic heterocycles. The number of aliphatic hydroxyl groups excluding tert-OH is 2. The zero-order valence-electron chi connectivity index (χ0n) is 56.5. The Balaban J connectivity index is 3.33. The van der Waals surface area contributed by atoms with E-state index >= 15 is 0 Å². The predicted molar refractivity (Wildman–Crippen MR) is 366 cm³/mol. The van der Waals surface area contributed by atoms with Crippen molar-refractivity contribution in [3.05, 3.63) is 24.3 Å². The highest BCUT2D eigenvalue weighted by Gasteiger charge is 2.18. The average molecular weight is 1170 g/mol. The van der Waals surface area contributed by atoms with Crippen LogP contribution in [0.5, 0.6) is 0 Å². The highest BCUT2D eigenvalue weighted by molar-refractivity contribution is 5.76. The van der Waals surface area contributed by atoms with Crippen molar-refractivity contribution in [2.75, 3.05) is 13.2 Å². The van der Waals surface area contributed by atoms with Gasteiger partial charge in [0, 0.05) is 12.8 Å². The van der Waals surface area contributed by atoms with Crippen LogP contribution in [0.2, 0.25) is 0 Å². The second-order valence-corrected chi connectivity index (χ2v) is 26.3. The smallest absolute Gasteiger partial charge is 0.305 e. The van der Waals surface area contributed by atoms with Gasteiger partial charge >= 0.3 is 5.97 Å². The van der Waals surface area contributed by atoms with E-state index < -0.39 is 12.1 Å². The number of nitrogens with one attached hydrogen (secondary N) is 1. The van der Waals surface area contributed by atoms with Crippen molar-refractivity contribution in [1.29, 1.82) is 0 Å². The Morgan fingerprint density at radius 2 is 0.566 bits per heavy atom. The molecule has 6 heteroatoms. The summed E-state index contributed by atoms with van der Waals surface area (Å²) in [6.07, 6.45) is 92.9. The number of carbonyl (C=O) groups excluding carboxylic acids is 2. The molecule has 2 unspecified atom stereocenters. The first kappa shape index (κ1) is 81.3. The molecule has 492 valence electrons. The topological polar surface area (TPSA) is 95.9 Å². The molecule has 0 fully saturated rings. The molecule has 0 aromatic carbocycles. The lowest BCUT2D eigenvalue weighted by Crippen LogP contribution is -2.45. The van der Waals surface area contributed by atoms with E-state index in [4.69, 9.17) is 4.74 Å². The molecule has 0 aliphatic carbocycles. The quantitative estimate of drug-likeness (QED) is 0.0320. The molecule has 0 aliphatic rings. The van der Waals surface area contributed by atoms with Crippen LogP contribution in [0.3, 0.4) is 0 Å². The van der Waals surface area contributed by atoms with Gasteiger partial charge in [-0.2, -0.15) is 0 Å². The second kappa shape index (κ2) is 72.8. The van der Waals surface area contributed by atoms with Crippen LogP contribution in [0.15, 0.2) is 24.3 Å². The summed E-state index contributed by atoms with van der Waals surface area (Å²) in [6.45, 7) is 4.95. The summed E-state index contributed by atoms with van der Waals surface area (Å²) in [7, 11) is 0. The van der Waals surface area contributed by atoms with E-state index in [2.05, 4.69) is 31.3 Å². The number of unbranched alkanes of at least 4 members (excludes halogenated alkanes) is 59. The Kier molecular flexibility index (Phi) is 71.4. The van der Waals surface area contributed by atoms with Gasteiger partial charge in [-0.25, -0.2) is 0 Å². The number of amides is 1. The zero-order chi connectivity index (χ0) is 59.9. The molecule has 0 saturated heterocycles. The first-order valence-corrected chi connectivity index (χ1v) is 38.1. The maximum absolute atomic E-state index is 12.5. The van der Waals surface area contributed by atoms with Crippen LogP contribution in [0.4, 0.5) is 0 Å². The van der Waals surface area contributed by atoms with Crippen LogP contribution in [0.1, 0.15) is 431 Å². The van der Waals surface area contributed by atoms with Crippen molar-refractivity contribution in [3.63, 3.8) is 0 Å². The molecule has 6 nitrogen and oxygen atoms in total. The first-order chi connectivity index (χ1) is 41.0. The molecule has 0 rings (SSSR count). The summed E-state index contributed by atoms with van der Waals surface area (Å²) in [4.78, 5) is 24.6. The lowest BCUT2D eigenvalue weighted by Gasteiger charge is -2.20. The maximum atomic E-state index is 12.5. The number of carbonyl (C=O) groups is 2. The van der Waals surface area contributed by atoms with Gasteiger partial charge in [0.05, 0.1) is 25.4 Å². The van der Waals surface area contributed by atoms with Crippen molar-refractivity contribution in [2.45, 2.75) is 443 Å². The third-order valence-corrected chi connectivity index (χ3v) is 18.0. The molecule has 1 amide bonds. The lowest BCUT2D eigenvalue weighted by atomic mass is 10.0. The summed E-state index contributed by atoms with van der Waals surface area (Å²) in [6, 6.07) is -0.625. The Hall–Kier alpha value is -1.66. The van der Waals surface area contributed by atoms with Gasteiger partial charge in [-0.05, 0) is 57.8 Å². The van der Waals surface area contributed by atoms with Crippen LogP contribution < -0.4 is 5.32 Å². The van der Waals surface area contributed by atoms with E-state index in [9.17, 15) is 19.8 Å². The number of hydrogen-bond acceptors (Lipinski definition) is 5. The summed E-state index contributed by atoms with van der Waals surface area (Å²) >= 11 is 0. The molecule has 3 N–H and O–H groups in total. The van der Waals surface area contributed by atoms with Gasteiger partial charge in [0.2, 0.25) is 5.91 Å². The van der Waals surface area contributed by atoms with Gasteiger partial charge in [0.25, 0.3) is 0 Å². The largest absolute Gasteiger partial charge is 0.466 e. The third-order valence-electron chi connectivity index (χ3n) is 18.0. The molecular formula is C77H149NO5. The van der Waals surface area contributed by atoms with Crippen LogP contribution in [0.25, 0.3) is 0 Å². The van der Waals surface area contributed by atoms with Crippen LogP contribution in [-0.2, 0) is 14.3 Å². The predicted octanol–water partition coefficient (Wildman–Crippen LogP) is 24.9. The maximum Gasteiger partial charge on any atom is 0.305 e. The fourth-order valence-corrected chi connectivity index (χ4v) is 12.2. The molecule has 0 aromatic rings. The Morgan fingerprint density at radius 1 is 0.325 bits per heavy atom. The van der Waals surface area contributed by atoms with Gasteiger partial charge in [0.1, 0.15) is 0 Å². The average Bonchev–Trinajstić information content (AvgIpc) is 3.49. The Bertz CT molecular complexity index is 1300. The SMILES string of the molecule is CCCCCCCCCCCCCCC/C=C/C(O)C(CO)NC(=O)CCCCCCCCCCCCCCCCCCC/C=C\CCCCCCCCCCCCCCCCOC(=O)CCCCCCCCCCCCCCCCCC. The molecule has 2 atom stereocenters. The minimum Gasteiger partial charge on any atom is -0.466 e. The lowest BCUT2D eigenvalue weighted by molar-refractivity contribution is -0.143. The van der Waals surface area contributed by atoms with Gasteiger partial charge in [0.15, 0.2) is 0 Å². The van der Waals surface area contributed by atoms with E-state index in [1.54, 1.807) is 6.08 Å². The summed E-state index contributed by atoms with van der Waals surface area (Å²) < 4.78 is 5.51. The second-order valence-electron chi connectivity index (χ2n) is 26.3. The van der Waals surface area contributed by atoms with Crippen LogP contribution in [0, 0.1) is 0 Å². The summed E-state index contributed by atoms with van der Waals surface area (Å²) in [5, 5.41) is 23.2. The van der Waals surface area contributed by atoms with Crippen LogP contribution >= 0.6 is 0 Å². The number of rotatable bonds is 72. The van der Waals surface area contributed by atoms with Gasteiger partial charge < -0.3 is 20.3 Å². The van der Waals surface area contributed by atoms with Crippen molar-refractivity contribution in [3.8, 4) is 0 Å². The molecule has 0 saturated carbocycles. The van der Waals surface area contributed by atoms with Crippen molar-refractivity contribution < 1.29 is 24.5 Å². The Labute approximate surface area is 520 Å². The van der Waals surface area contributed by atoms with E-state index in [-0.39, 0.29) is 18.5 Å². The van der Waals surface area contributed by atoms with Crippen LogP contribution in [-0.4, -0.2) is 47.4 Å². The highest BCUT2D eigenvalue weighted by atomic mass is 16.5. The van der Waals surface area contributed by atoms with Crippen molar-refractivity contribution >= 4 is 11.9 Å². The molecule has 0 radical (unpaired) electrons. The monoisotopic (exact) mass is 1170 g/mol. The summed E-state index contributed by atoms with van der Waals surface area (Å²) in [5.41, 5.74) is 0. The van der Waals surface area contributed by atoms with E-state index in [1.165, 1.54) is 366 Å². The number of hydrogen-bond donors (Lipinski definition) is 3. The minimum atomic E-state index is -0.841. The first-order valence-electron chi connectivity index (χ1n) is 38.1. The molecule has 83 heavy (non-hydrogen) atoms. The molecule has 0 bridgehead atoms. The van der Waals surface area contributed by atoms with Gasteiger partial charge in [-0.15, -0.1) is 0 Å². The van der Waals surface area contributed by atoms with E-state index in [1.807, 2.05) is 6.08 Å². The molecule has 0 spiro atoms. The normalized spacial score (nSPS) is 12.6. The Morgan fingerprint density at radius 3 is 0.855 bits per heavy atom. The zero-order valence-corrected chi connectivity index (χ0v) is 56.5. The third kappa shape index (κ3) is 69.3. The highest BCUT2D eigenvalue weighted by Crippen LogP contribution is 2.19. The molecule has 0 heterocycles.